The predicted octanol–water partition coefficient (Wildman–Crippen LogP) is 4.69. The minimum absolute atomic E-state index is 0.202. The summed E-state index contributed by atoms with van der Waals surface area (Å²) in [7, 11) is 3.28. The SMILES string of the molecule is COc1ccc(CCNC(=O)C2[C@@H]3CC/C=C\CC/C=C\CC[C@@H]23)cc1OC. The van der Waals surface area contributed by atoms with Gasteiger partial charge < -0.3 is 14.8 Å². The van der Waals surface area contributed by atoms with Gasteiger partial charge >= 0.3 is 0 Å². The maximum atomic E-state index is 12.7. The first-order chi connectivity index (χ1) is 13.7. The summed E-state index contributed by atoms with van der Waals surface area (Å²) >= 11 is 0. The first-order valence-electron chi connectivity index (χ1n) is 10.5. The zero-order chi connectivity index (χ0) is 19.8. The zero-order valence-electron chi connectivity index (χ0n) is 17.2. The number of carbonyl (C=O) groups is 1. The van der Waals surface area contributed by atoms with Gasteiger partial charge in [-0.3, -0.25) is 4.79 Å². The van der Waals surface area contributed by atoms with E-state index in [4.69, 9.17) is 9.47 Å². The molecule has 1 amide bonds. The molecule has 1 fully saturated rings. The van der Waals surface area contributed by atoms with Crippen LogP contribution in [0.15, 0.2) is 42.5 Å². The maximum absolute atomic E-state index is 12.7. The summed E-state index contributed by atoms with van der Waals surface area (Å²) in [5.74, 6) is 3.00. The minimum Gasteiger partial charge on any atom is -0.493 e. The van der Waals surface area contributed by atoms with E-state index in [1.54, 1.807) is 14.2 Å². The van der Waals surface area contributed by atoms with E-state index < -0.39 is 0 Å². The molecule has 1 aromatic carbocycles. The molecule has 152 valence electrons. The smallest absolute Gasteiger partial charge is 0.223 e. The third kappa shape index (κ3) is 5.40. The molecular weight excluding hydrogens is 350 g/mol. The molecule has 28 heavy (non-hydrogen) atoms. The summed E-state index contributed by atoms with van der Waals surface area (Å²) in [6.45, 7) is 0.657. The third-order valence-electron chi connectivity index (χ3n) is 5.96. The van der Waals surface area contributed by atoms with E-state index in [2.05, 4.69) is 29.6 Å². The van der Waals surface area contributed by atoms with Crippen molar-refractivity contribution in [3.8, 4) is 11.5 Å². The van der Waals surface area contributed by atoms with Gasteiger partial charge in [0.25, 0.3) is 0 Å². The van der Waals surface area contributed by atoms with E-state index in [0.29, 0.717) is 18.4 Å². The Morgan fingerprint density at radius 2 is 1.54 bits per heavy atom. The van der Waals surface area contributed by atoms with E-state index in [9.17, 15) is 4.79 Å². The van der Waals surface area contributed by atoms with Crippen LogP contribution in [0, 0.1) is 17.8 Å². The average molecular weight is 384 g/mol. The van der Waals surface area contributed by atoms with Crippen LogP contribution in [0.5, 0.6) is 11.5 Å². The number of rotatable bonds is 6. The number of amides is 1. The average Bonchev–Trinajstić information content (AvgIpc) is 3.40. The number of nitrogens with one attached hydrogen (secondary N) is 1. The van der Waals surface area contributed by atoms with E-state index in [-0.39, 0.29) is 11.8 Å². The molecule has 1 N–H and O–H groups in total. The molecule has 0 unspecified atom stereocenters. The summed E-state index contributed by atoms with van der Waals surface area (Å²) in [6, 6.07) is 5.92. The highest BCUT2D eigenvalue weighted by Crippen LogP contribution is 2.52. The Kier molecular flexibility index (Phi) is 7.58. The van der Waals surface area contributed by atoms with Gasteiger partial charge in [0.05, 0.1) is 14.2 Å². The number of carbonyl (C=O) groups excluding carboxylic acids is 1. The van der Waals surface area contributed by atoms with Crippen molar-refractivity contribution < 1.29 is 14.3 Å². The number of hydrogen-bond donors (Lipinski definition) is 1. The second-order valence-corrected chi connectivity index (χ2v) is 7.76. The van der Waals surface area contributed by atoms with Gasteiger partial charge in [0.1, 0.15) is 0 Å². The van der Waals surface area contributed by atoms with Crippen molar-refractivity contribution >= 4 is 5.91 Å². The van der Waals surface area contributed by atoms with E-state index >= 15 is 0 Å². The van der Waals surface area contributed by atoms with Gasteiger partial charge in [0, 0.05) is 12.5 Å². The molecule has 2 aliphatic rings. The van der Waals surface area contributed by atoms with Crippen LogP contribution in [0.2, 0.25) is 0 Å². The highest BCUT2D eigenvalue weighted by atomic mass is 16.5. The quantitative estimate of drug-likeness (QED) is 0.725. The molecule has 2 aliphatic carbocycles. The number of benzene rings is 1. The Morgan fingerprint density at radius 1 is 0.929 bits per heavy atom. The maximum Gasteiger partial charge on any atom is 0.223 e. The third-order valence-corrected chi connectivity index (χ3v) is 5.96. The van der Waals surface area contributed by atoms with E-state index in [0.717, 1.165) is 62.0 Å². The van der Waals surface area contributed by atoms with Crippen molar-refractivity contribution in [3.63, 3.8) is 0 Å². The van der Waals surface area contributed by atoms with E-state index in [1.165, 1.54) is 0 Å². The lowest BCUT2D eigenvalue weighted by Gasteiger charge is -2.10. The fourth-order valence-corrected chi connectivity index (χ4v) is 4.35. The van der Waals surface area contributed by atoms with Crippen LogP contribution in [0.25, 0.3) is 0 Å². The van der Waals surface area contributed by atoms with Crippen molar-refractivity contribution in [3.05, 3.63) is 48.1 Å². The molecule has 0 heterocycles. The van der Waals surface area contributed by atoms with Crippen molar-refractivity contribution in [2.75, 3.05) is 20.8 Å². The molecule has 0 spiro atoms. The van der Waals surface area contributed by atoms with Crippen LogP contribution >= 0.6 is 0 Å². The summed E-state index contributed by atoms with van der Waals surface area (Å²) in [4.78, 5) is 12.7. The van der Waals surface area contributed by atoms with Gasteiger partial charge in [-0.1, -0.05) is 30.4 Å². The Hall–Kier alpha value is -2.23. The lowest BCUT2D eigenvalue weighted by molar-refractivity contribution is -0.122. The van der Waals surface area contributed by atoms with Gasteiger partial charge in [-0.15, -0.1) is 0 Å². The molecule has 1 aromatic rings. The van der Waals surface area contributed by atoms with Crippen LogP contribution in [-0.2, 0) is 11.2 Å². The Morgan fingerprint density at radius 3 is 2.14 bits per heavy atom. The van der Waals surface area contributed by atoms with Crippen molar-refractivity contribution in [1.29, 1.82) is 0 Å². The molecule has 0 saturated heterocycles. The summed E-state index contributed by atoms with van der Waals surface area (Å²) in [5, 5.41) is 3.17. The normalized spacial score (nSPS) is 26.7. The Balaban J connectivity index is 1.49. The fraction of sp³-hybridized carbons (Fsp3) is 0.542. The van der Waals surface area contributed by atoms with Crippen molar-refractivity contribution in [2.24, 2.45) is 17.8 Å². The summed E-state index contributed by atoms with van der Waals surface area (Å²) < 4.78 is 10.6. The molecule has 0 aromatic heterocycles. The molecule has 2 atom stereocenters. The van der Waals surface area contributed by atoms with Crippen LogP contribution in [-0.4, -0.2) is 26.7 Å². The van der Waals surface area contributed by atoms with E-state index in [1.807, 2.05) is 18.2 Å². The summed E-state index contributed by atoms with van der Waals surface area (Å²) in [6.07, 6.45) is 16.7. The molecule has 3 rings (SSSR count). The highest BCUT2D eigenvalue weighted by molar-refractivity contribution is 5.82. The molecular formula is C24H33NO3. The second kappa shape index (κ2) is 10.4. The van der Waals surface area contributed by atoms with Crippen LogP contribution < -0.4 is 14.8 Å². The van der Waals surface area contributed by atoms with Gasteiger partial charge in [0.2, 0.25) is 5.91 Å². The monoisotopic (exact) mass is 383 g/mol. The second-order valence-electron chi connectivity index (χ2n) is 7.76. The molecule has 0 aliphatic heterocycles. The molecule has 0 radical (unpaired) electrons. The number of fused-ring (bicyclic) bond motifs is 1. The topological polar surface area (TPSA) is 47.6 Å². The van der Waals surface area contributed by atoms with Gasteiger partial charge in [-0.2, -0.15) is 0 Å². The summed E-state index contributed by atoms with van der Waals surface area (Å²) in [5.41, 5.74) is 1.13. The molecule has 4 heteroatoms. The zero-order valence-corrected chi connectivity index (χ0v) is 17.2. The van der Waals surface area contributed by atoms with Crippen LogP contribution in [0.1, 0.15) is 44.1 Å². The van der Waals surface area contributed by atoms with Crippen molar-refractivity contribution in [1.82, 2.24) is 5.32 Å². The van der Waals surface area contributed by atoms with Gasteiger partial charge in [-0.25, -0.2) is 0 Å². The predicted molar refractivity (Wildman–Crippen MR) is 113 cm³/mol. The first kappa shape index (κ1) is 20.5. The van der Waals surface area contributed by atoms with Gasteiger partial charge in [-0.05, 0) is 74.5 Å². The molecule has 1 saturated carbocycles. The lowest BCUT2D eigenvalue weighted by Crippen LogP contribution is -2.28. The Bertz CT molecular complexity index is 686. The number of allylic oxidation sites excluding steroid dienone is 4. The largest absolute Gasteiger partial charge is 0.493 e. The van der Waals surface area contributed by atoms with Crippen LogP contribution in [0.4, 0.5) is 0 Å². The first-order valence-corrected chi connectivity index (χ1v) is 10.5. The van der Waals surface area contributed by atoms with Crippen molar-refractivity contribution in [2.45, 2.75) is 44.9 Å². The van der Waals surface area contributed by atoms with Crippen LogP contribution in [0.3, 0.4) is 0 Å². The Labute approximate surface area is 169 Å². The number of ether oxygens (including phenoxy) is 2. The number of hydrogen-bond acceptors (Lipinski definition) is 3. The fourth-order valence-electron chi connectivity index (χ4n) is 4.35. The number of methoxy groups -OCH3 is 2. The molecule has 0 bridgehead atoms. The lowest BCUT2D eigenvalue weighted by atomic mass is 10.1. The highest BCUT2D eigenvalue weighted by Gasteiger charge is 2.52. The minimum atomic E-state index is 0.202. The van der Waals surface area contributed by atoms with Gasteiger partial charge in [0.15, 0.2) is 11.5 Å². The standard InChI is InChI=1S/C24H33NO3/c1-27-21-14-13-18(17-22(21)28-2)15-16-25-24(26)23-19-11-9-7-5-3-4-6-8-10-12-20(19)23/h5-8,13-14,17,19-20,23H,3-4,9-12,15-16H2,1-2H3,(H,25,26)/b7-5-,8-6-/t19-,20-/m1/s1. The molecule has 4 nitrogen and oxygen atoms in total.